The molecule has 0 amide bonds. The lowest BCUT2D eigenvalue weighted by Crippen LogP contribution is -2.40. The fourth-order valence-electron chi connectivity index (χ4n) is 2.66. The van der Waals surface area contributed by atoms with E-state index in [9.17, 15) is 13.0 Å². The molecule has 0 radical (unpaired) electrons. The Morgan fingerprint density at radius 2 is 1.84 bits per heavy atom. The van der Waals surface area contributed by atoms with Crippen LogP contribution in [0.3, 0.4) is 0 Å². The van der Waals surface area contributed by atoms with Crippen molar-refractivity contribution < 1.29 is 13.0 Å². The van der Waals surface area contributed by atoms with Crippen LogP contribution in [-0.4, -0.2) is 15.5 Å². The van der Waals surface area contributed by atoms with Gasteiger partial charge in [0.2, 0.25) is 0 Å². The molecule has 3 rings (SSSR count). The van der Waals surface area contributed by atoms with Gasteiger partial charge in [0.1, 0.15) is 0 Å². The summed E-state index contributed by atoms with van der Waals surface area (Å²) in [6.45, 7) is 3.93. The number of hydrogen-bond acceptors (Lipinski definition) is 2. The summed E-state index contributed by atoms with van der Waals surface area (Å²) >= 11 is 0. The molecule has 1 saturated carbocycles. The zero-order chi connectivity index (χ0) is 13.7. The van der Waals surface area contributed by atoms with Gasteiger partial charge in [0, 0.05) is 22.2 Å². The number of hydrogen-bond donors (Lipinski definition) is 1. The van der Waals surface area contributed by atoms with Crippen molar-refractivity contribution in [3.05, 3.63) is 29.3 Å². The lowest BCUT2D eigenvalue weighted by Gasteiger charge is -2.36. The molecule has 0 bridgehead atoms. The van der Waals surface area contributed by atoms with Crippen LogP contribution >= 0.6 is 0 Å². The fourth-order valence-corrected chi connectivity index (χ4v) is 4.24. The minimum absolute atomic E-state index is 0.0368. The maximum Gasteiger partial charge on any atom is 0.160 e. The molecule has 0 spiro atoms. The Labute approximate surface area is 114 Å². The van der Waals surface area contributed by atoms with Gasteiger partial charge in [0.25, 0.3) is 0 Å². The average molecular weight is 285 g/mol. The van der Waals surface area contributed by atoms with E-state index in [4.69, 9.17) is 0 Å². The fraction of sp³-hybridized carbons (Fsp3) is 0.571. The quantitative estimate of drug-likeness (QED) is 0.905. The van der Waals surface area contributed by atoms with Gasteiger partial charge in [0.15, 0.2) is 11.6 Å². The van der Waals surface area contributed by atoms with E-state index in [0.29, 0.717) is 16.5 Å². The highest BCUT2D eigenvalue weighted by Crippen LogP contribution is 2.40. The van der Waals surface area contributed by atoms with Crippen molar-refractivity contribution in [1.82, 2.24) is 5.32 Å². The molecule has 1 aliphatic carbocycles. The largest absolute Gasteiger partial charge is 0.307 e. The summed E-state index contributed by atoms with van der Waals surface area (Å²) in [6.07, 6.45) is 2.25. The van der Waals surface area contributed by atoms with E-state index in [1.165, 1.54) is 6.07 Å². The Balaban J connectivity index is 2.08. The molecule has 1 aliphatic heterocycles. The van der Waals surface area contributed by atoms with Crippen molar-refractivity contribution in [2.75, 3.05) is 0 Å². The van der Waals surface area contributed by atoms with E-state index in [0.717, 1.165) is 18.9 Å². The first kappa shape index (κ1) is 13.2. The van der Waals surface area contributed by atoms with Crippen LogP contribution in [0.1, 0.15) is 38.3 Å². The van der Waals surface area contributed by atoms with Crippen molar-refractivity contribution in [3.8, 4) is 0 Å². The summed E-state index contributed by atoms with van der Waals surface area (Å²) in [6, 6.07) is 2.74. The maximum atomic E-state index is 13.5. The monoisotopic (exact) mass is 285 g/mol. The smallest absolute Gasteiger partial charge is 0.160 e. The molecular weight excluding hydrogens is 268 g/mol. The molecule has 4 unspecified atom stereocenters. The van der Waals surface area contributed by atoms with Gasteiger partial charge in [-0.2, -0.15) is 0 Å². The molecule has 19 heavy (non-hydrogen) atoms. The van der Waals surface area contributed by atoms with Crippen LogP contribution in [-0.2, 0) is 10.8 Å². The zero-order valence-electron chi connectivity index (χ0n) is 11.0. The Kier molecular flexibility index (Phi) is 3.21. The minimum atomic E-state index is -1.27. The molecule has 1 N–H and O–H groups in total. The van der Waals surface area contributed by atoms with Gasteiger partial charge < -0.3 is 5.32 Å². The molecule has 1 fully saturated rings. The van der Waals surface area contributed by atoms with Gasteiger partial charge in [-0.3, -0.25) is 4.21 Å². The predicted octanol–water partition coefficient (Wildman–Crippen LogP) is 2.90. The molecule has 0 aromatic heterocycles. The topological polar surface area (TPSA) is 29.1 Å². The predicted molar refractivity (Wildman–Crippen MR) is 70.3 cm³/mol. The van der Waals surface area contributed by atoms with Gasteiger partial charge >= 0.3 is 0 Å². The highest BCUT2D eigenvalue weighted by molar-refractivity contribution is 7.85. The van der Waals surface area contributed by atoms with E-state index in [2.05, 4.69) is 5.32 Å². The molecule has 104 valence electrons. The highest BCUT2D eigenvalue weighted by atomic mass is 32.2. The average Bonchev–Trinajstić information content (AvgIpc) is 3.19. The normalized spacial score (nSPS) is 34.1. The van der Waals surface area contributed by atoms with Gasteiger partial charge in [-0.1, -0.05) is 13.8 Å². The van der Waals surface area contributed by atoms with E-state index in [1.807, 2.05) is 13.8 Å². The molecule has 1 aromatic carbocycles. The molecule has 2 nitrogen and oxygen atoms in total. The molecule has 0 saturated heterocycles. The van der Waals surface area contributed by atoms with Gasteiger partial charge in [-0.05, 0) is 36.5 Å². The third-order valence-corrected chi connectivity index (χ3v) is 6.09. The third kappa shape index (κ3) is 2.23. The number of benzene rings is 1. The van der Waals surface area contributed by atoms with Gasteiger partial charge in [-0.25, -0.2) is 8.78 Å². The number of halogens is 2. The van der Waals surface area contributed by atoms with Crippen molar-refractivity contribution in [2.45, 2.75) is 48.9 Å². The van der Waals surface area contributed by atoms with Crippen LogP contribution in [0, 0.1) is 17.6 Å². The molecular formula is C14H17F2NOS. The Bertz CT molecular complexity index is 544. The van der Waals surface area contributed by atoms with Crippen LogP contribution in [0.2, 0.25) is 0 Å². The SMILES string of the molecule is CC1C(NC2CC2)c2cc(F)c(F)cc2S(=O)C1C. The number of nitrogens with one attached hydrogen (secondary N) is 1. The first-order chi connectivity index (χ1) is 8.99. The molecule has 1 aromatic rings. The Hall–Kier alpha value is -0.810. The third-order valence-electron chi connectivity index (χ3n) is 4.20. The van der Waals surface area contributed by atoms with E-state index in [-0.39, 0.29) is 17.2 Å². The first-order valence-corrected chi connectivity index (χ1v) is 7.86. The van der Waals surface area contributed by atoms with E-state index < -0.39 is 22.4 Å². The number of rotatable bonds is 2. The zero-order valence-corrected chi connectivity index (χ0v) is 11.8. The Morgan fingerprint density at radius 3 is 2.47 bits per heavy atom. The van der Waals surface area contributed by atoms with Gasteiger partial charge in [-0.15, -0.1) is 0 Å². The second-order valence-electron chi connectivity index (χ2n) is 5.58. The lowest BCUT2D eigenvalue weighted by molar-refractivity contribution is 0.360. The summed E-state index contributed by atoms with van der Waals surface area (Å²) < 4.78 is 39.2. The maximum absolute atomic E-state index is 13.5. The molecule has 2 aliphatic rings. The standard InChI is InChI=1S/C14H17F2NOS/c1-7-8(2)19(18)13-6-12(16)11(15)5-10(13)14(7)17-9-3-4-9/h5-9,14,17H,3-4H2,1-2H3. The van der Waals surface area contributed by atoms with E-state index in [1.54, 1.807) is 0 Å². The second-order valence-corrected chi connectivity index (χ2v) is 7.36. The van der Waals surface area contributed by atoms with Crippen LogP contribution in [0.15, 0.2) is 17.0 Å². The van der Waals surface area contributed by atoms with Crippen LogP contribution in [0.4, 0.5) is 8.78 Å². The Morgan fingerprint density at radius 1 is 1.21 bits per heavy atom. The first-order valence-electron chi connectivity index (χ1n) is 6.64. The summed E-state index contributed by atoms with van der Waals surface area (Å²) in [5.74, 6) is -1.64. The number of fused-ring (bicyclic) bond motifs is 1. The molecule has 5 heteroatoms. The van der Waals surface area contributed by atoms with Crippen LogP contribution < -0.4 is 5.32 Å². The van der Waals surface area contributed by atoms with E-state index >= 15 is 0 Å². The molecule has 4 atom stereocenters. The van der Waals surface area contributed by atoms with Crippen molar-refractivity contribution in [2.24, 2.45) is 5.92 Å². The molecule has 1 heterocycles. The summed E-state index contributed by atoms with van der Waals surface area (Å²) in [4.78, 5) is 0.447. The lowest BCUT2D eigenvalue weighted by atomic mass is 9.91. The van der Waals surface area contributed by atoms with Crippen molar-refractivity contribution >= 4 is 10.8 Å². The summed E-state index contributed by atoms with van der Waals surface area (Å²) in [5.41, 5.74) is 0.662. The van der Waals surface area contributed by atoms with Crippen LogP contribution in [0.5, 0.6) is 0 Å². The van der Waals surface area contributed by atoms with Gasteiger partial charge in [0.05, 0.1) is 10.8 Å². The second kappa shape index (κ2) is 4.63. The minimum Gasteiger partial charge on any atom is -0.307 e. The van der Waals surface area contributed by atoms with Crippen molar-refractivity contribution in [1.29, 1.82) is 0 Å². The highest BCUT2D eigenvalue weighted by Gasteiger charge is 2.39. The van der Waals surface area contributed by atoms with Crippen molar-refractivity contribution in [3.63, 3.8) is 0 Å². The van der Waals surface area contributed by atoms with Crippen LogP contribution in [0.25, 0.3) is 0 Å². The summed E-state index contributed by atoms with van der Waals surface area (Å²) in [5, 5.41) is 3.41. The summed E-state index contributed by atoms with van der Waals surface area (Å²) in [7, 11) is -1.27.